The third kappa shape index (κ3) is 3.68. The van der Waals surface area contributed by atoms with E-state index in [1.807, 2.05) is 0 Å². The molecule has 0 aliphatic heterocycles. The number of benzene rings is 2. The quantitative estimate of drug-likeness (QED) is 0.314. The fourth-order valence-corrected chi connectivity index (χ4v) is 3.52. The van der Waals surface area contributed by atoms with Crippen molar-refractivity contribution in [3.63, 3.8) is 0 Å². The summed E-state index contributed by atoms with van der Waals surface area (Å²) in [6.45, 7) is 1.02. The smallest absolute Gasteiger partial charge is 0.394 e. The molecule has 34 heavy (non-hydrogen) atoms. The fraction of sp³-hybridized carbons (Fsp3) is 0.286. The van der Waals surface area contributed by atoms with Gasteiger partial charge in [0.25, 0.3) is 6.43 Å². The molecule has 13 heteroatoms. The van der Waals surface area contributed by atoms with Crippen molar-refractivity contribution in [3.05, 3.63) is 58.4 Å². The molecule has 0 bridgehead atoms. The number of fused-ring (bicyclic) bond motifs is 1. The van der Waals surface area contributed by atoms with Crippen molar-refractivity contribution in [2.45, 2.75) is 37.9 Å². The van der Waals surface area contributed by atoms with Gasteiger partial charge in [0.1, 0.15) is 17.3 Å². The Morgan fingerprint density at radius 1 is 1.00 bits per heavy atom. The van der Waals surface area contributed by atoms with E-state index in [1.54, 1.807) is 6.07 Å². The molecular formula is C21H12F7NO5. The zero-order valence-electron chi connectivity index (χ0n) is 17.1. The minimum absolute atomic E-state index is 0.295. The molecule has 2 aromatic rings. The summed E-state index contributed by atoms with van der Waals surface area (Å²) in [5, 5.41) is 8.92. The first-order valence-corrected chi connectivity index (χ1v) is 9.17. The van der Waals surface area contributed by atoms with Crippen molar-refractivity contribution >= 4 is 11.9 Å². The fourth-order valence-electron chi connectivity index (χ4n) is 3.52. The van der Waals surface area contributed by atoms with E-state index in [2.05, 4.69) is 9.47 Å². The van der Waals surface area contributed by atoms with E-state index in [-0.39, 0.29) is 5.56 Å². The number of esters is 2. The van der Waals surface area contributed by atoms with E-state index in [9.17, 15) is 31.5 Å². The molecule has 0 amide bonds. The van der Waals surface area contributed by atoms with E-state index < -0.39 is 70.0 Å². The molecule has 0 saturated heterocycles. The van der Waals surface area contributed by atoms with Gasteiger partial charge in [-0.1, -0.05) is 0 Å². The topological polar surface area (TPSA) is 85.6 Å². The summed E-state index contributed by atoms with van der Waals surface area (Å²) in [7, 11) is 0. The number of carbonyl (C=O) groups excluding carboxylic acids is 2. The lowest BCUT2D eigenvalue weighted by atomic mass is 9.97. The van der Waals surface area contributed by atoms with Gasteiger partial charge in [0.2, 0.25) is 0 Å². The van der Waals surface area contributed by atoms with E-state index in [1.165, 1.54) is 0 Å². The molecule has 1 aliphatic carbocycles. The van der Waals surface area contributed by atoms with Crippen molar-refractivity contribution in [3.8, 4) is 17.6 Å². The molecule has 0 aromatic heterocycles. The van der Waals surface area contributed by atoms with Crippen LogP contribution in [0.1, 0.15) is 42.5 Å². The Balaban J connectivity index is 2.37. The number of hydrogen-bond donors (Lipinski definition) is 0. The predicted octanol–water partition coefficient (Wildman–Crippen LogP) is 5.45. The van der Waals surface area contributed by atoms with Gasteiger partial charge < -0.3 is 14.2 Å². The van der Waals surface area contributed by atoms with Crippen LogP contribution < -0.4 is 4.74 Å². The lowest BCUT2D eigenvalue weighted by Gasteiger charge is -2.35. The van der Waals surface area contributed by atoms with E-state index in [0.29, 0.717) is 32.0 Å². The van der Waals surface area contributed by atoms with Gasteiger partial charge in [-0.3, -0.25) is 9.59 Å². The number of halogens is 7. The second-order valence-electron chi connectivity index (χ2n) is 7.04. The van der Waals surface area contributed by atoms with Crippen LogP contribution in [-0.2, 0) is 30.8 Å². The number of ether oxygens (including phenoxy) is 3. The molecule has 2 aromatic carbocycles. The van der Waals surface area contributed by atoms with E-state index in [0.717, 1.165) is 12.1 Å². The summed E-state index contributed by atoms with van der Waals surface area (Å²) in [5.74, 6) is -20.9. The highest BCUT2D eigenvalue weighted by Crippen LogP contribution is 2.65. The van der Waals surface area contributed by atoms with Gasteiger partial charge in [0, 0.05) is 25.5 Å². The van der Waals surface area contributed by atoms with Crippen molar-refractivity contribution < 1.29 is 54.5 Å². The summed E-state index contributed by atoms with van der Waals surface area (Å²) < 4.78 is 115. The minimum atomic E-state index is -5.52. The van der Waals surface area contributed by atoms with Gasteiger partial charge in [-0.2, -0.15) is 22.8 Å². The average molecular weight is 491 g/mol. The first-order chi connectivity index (χ1) is 15.7. The normalized spacial score (nSPS) is 17.0. The van der Waals surface area contributed by atoms with Crippen LogP contribution in [0.2, 0.25) is 0 Å². The molecule has 180 valence electrons. The maximum atomic E-state index is 15.0. The van der Waals surface area contributed by atoms with Crippen LogP contribution in [0.25, 0.3) is 0 Å². The zero-order chi connectivity index (χ0) is 25.6. The maximum Gasteiger partial charge on any atom is 0.394 e. The van der Waals surface area contributed by atoms with Crippen LogP contribution in [0.3, 0.4) is 0 Å². The second-order valence-corrected chi connectivity index (χ2v) is 7.04. The Hall–Kier alpha value is -3.82. The van der Waals surface area contributed by atoms with E-state index >= 15 is 8.78 Å². The van der Waals surface area contributed by atoms with Crippen molar-refractivity contribution in [2.24, 2.45) is 0 Å². The SMILES string of the molecule is CC(=O)OC1(OC(C)=O)c2c(ccc(Oc3cc(F)cc(C#N)c3)c2C(F)F)C(F)(F)C1(F)F. The lowest BCUT2D eigenvalue weighted by Crippen LogP contribution is -2.54. The second kappa shape index (κ2) is 8.19. The molecule has 3 rings (SSSR count). The maximum absolute atomic E-state index is 15.0. The van der Waals surface area contributed by atoms with Crippen LogP contribution >= 0.6 is 0 Å². The van der Waals surface area contributed by atoms with Gasteiger partial charge >= 0.3 is 29.6 Å². The predicted molar refractivity (Wildman–Crippen MR) is 96.6 cm³/mol. The molecule has 0 N–H and O–H groups in total. The number of alkyl halides is 6. The summed E-state index contributed by atoms with van der Waals surface area (Å²) in [5.41, 5.74) is -5.33. The van der Waals surface area contributed by atoms with Gasteiger partial charge in [-0.15, -0.1) is 0 Å². The summed E-state index contributed by atoms with van der Waals surface area (Å²) in [6.07, 6.45) is -3.82. The highest BCUT2D eigenvalue weighted by Gasteiger charge is 2.82. The van der Waals surface area contributed by atoms with Gasteiger partial charge in [-0.05, 0) is 24.3 Å². The largest absolute Gasteiger partial charge is 0.457 e. The Bertz CT molecular complexity index is 1210. The average Bonchev–Trinajstić information content (AvgIpc) is 2.81. The van der Waals surface area contributed by atoms with Crippen molar-refractivity contribution in [1.82, 2.24) is 0 Å². The van der Waals surface area contributed by atoms with Crippen LogP contribution in [0.5, 0.6) is 11.5 Å². The first kappa shape index (κ1) is 24.8. The Kier molecular flexibility index (Phi) is 5.98. The number of rotatable bonds is 5. The van der Waals surface area contributed by atoms with E-state index in [4.69, 9.17) is 10.00 Å². The standard InChI is InChI=1S/C21H12F7NO5/c1-9(30)33-20(34-10(2)31)17-14(19(25,26)21(20,27)28)3-4-15(16(17)18(23)24)32-13-6-11(8-29)5-12(22)7-13/h3-7,18H,1-2H3. The van der Waals surface area contributed by atoms with Crippen molar-refractivity contribution in [1.29, 1.82) is 5.26 Å². The number of nitrogens with zero attached hydrogens (tertiary/aromatic N) is 1. The molecule has 0 radical (unpaired) electrons. The van der Waals surface area contributed by atoms with Gasteiger partial charge in [0.15, 0.2) is 0 Å². The molecule has 1 aliphatic rings. The Labute approximate surface area is 186 Å². The zero-order valence-corrected chi connectivity index (χ0v) is 17.1. The van der Waals surface area contributed by atoms with Crippen LogP contribution in [0.4, 0.5) is 30.7 Å². The molecule has 0 spiro atoms. The van der Waals surface area contributed by atoms with Gasteiger partial charge in [-0.25, -0.2) is 13.2 Å². The lowest BCUT2D eigenvalue weighted by molar-refractivity contribution is -0.361. The molecule has 0 heterocycles. The Morgan fingerprint density at radius 3 is 2.09 bits per heavy atom. The Morgan fingerprint density at radius 2 is 1.59 bits per heavy atom. The molecule has 6 nitrogen and oxygen atoms in total. The van der Waals surface area contributed by atoms with Crippen LogP contribution in [0, 0.1) is 17.1 Å². The number of hydrogen-bond acceptors (Lipinski definition) is 6. The third-order valence-corrected chi connectivity index (χ3v) is 4.70. The summed E-state index contributed by atoms with van der Waals surface area (Å²) >= 11 is 0. The number of nitriles is 1. The van der Waals surface area contributed by atoms with Gasteiger partial charge in [0.05, 0.1) is 22.8 Å². The molecule has 0 saturated carbocycles. The molecule has 0 atom stereocenters. The molecule has 0 fully saturated rings. The monoisotopic (exact) mass is 491 g/mol. The number of carbonyl (C=O) groups is 2. The summed E-state index contributed by atoms with van der Waals surface area (Å²) in [4.78, 5) is 23.2. The van der Waals surface area contributed by atoms with Crippen LogP contribution in [-0.4, -0.2) is 17.9 Å². The molecule has 0 unspecified atom stereocenters. The first-order valence-electron chi connectivity index (χ1n) is 9.17. The minimum Gasteiger partial charge on any atom is -0.457 e. The highest BCUT2D eigenvalue weighted by molar-refractivity contribution is 5.71. The highest BCUT2D eigenvalue weighted by atomic mass is 19.3. The summed E-state index contributed by atoms with van der Waals surface area (Å²) in [6, 6.07) is 4.68. The van der Waals surface area contributed by atoms with Crippen LogP contribution in [0.15, 0.2) is 30.3 Å². The van der Waals surface area contributed by atoms with Crippen molar-refractivity contribution in [2.75, 3.05) is 0 Å². The third-order valence-electron chi connectivity index (χ3n) is 4.70. The molecular weight excluding hydrogens is 479 g/mol.